The lowest BCUT2D eigenvalue weighted by atomic mass is 10.2. The number of carbonyl (C=O) groups excluding carboxylic acids is 1. The van der Waals surface area contributed by atoms with Crippen molar-refractivity contribution in [2.45, 2.75) is 18.2 Å². The monoisotopic (exact) mass is 274 g/mol. The van der Waals surface area contributed by atoms with Crippen molar-refractivity contribution >= 4 is 33.2 Å². The van der Waals surface area contributed by atoms with Crippen LogP contribution < -0.4 is 10.0 Å². The Morgan fingerprint density at radius 1 is 1.47 bits per heavy atom. The molecule has 0 unspecified atom stereocenters. The smallest absolute Gasteiger partial charge is 0.239 e. The van der Waals surface area contributed by atoms with Gasteiger partial charge in [0.15, 0.2) is 0 Å². The molecule has 1 aromatic carbocycles. The van der Waals surface area contributed by atoms with Crippen LogP contribution in [0.25, 0.3) is 0 Å². The average Bonchev–Trinajstić information content (AvgIpc) is 2.57. The second-order valence-corrected chi connectivity index (χ2v) is 5.81. The van der Waals surface area contributed by atoms with E-state index in [0.29, 0.717) is 18.7 Å². The molecular formula is C10H11ClN2O3S. The average molecular weight is 275 g/mol. The Labute approximate surface area is 104 Å². The SMILES string of the molecule is CC(=O)N1CCc2cc(Cl)c(S(N)(=O)=O)cc21. The van der Waals surface area contributed by atoms with Crippen LogP contribution in [0.4, 0.5) is 5.69 Å². The first-order chi connectivity index (χ1) is 7.80. The van der Waals surface area contributed by atoms with Gasteiger partial charge in [-0.2, -0.15) is 0 Å². The lowest BCUT2D eigenvalue weighted by Gasteiger charge is -2.15. The maximum atomic E-state index is 11.4. The minimum atomic E-state index is -3.87. The number of nitrogens with zero attached hydrogens (tertiary/aromatic N) is 1. The van der Waals surface area contributed by atoms with Crippen molar-refractivity contribution in [2.75, 3.05) is 11.4 Å². The summed E-state index contributed by atoms with van der Waals surface area (Å²) in [7, 11) is -3.87. The summed E-state index contributed by atoms with van der Waals surface area (Å²) in [5.74, 6) is -0.133. The zero-order valence-electron chi connectivity index (χ0n) is 9.10. The van der Waals surface area contributed by atoms with Crippen molar-refractivity contribution in [3.63, 3.8) is 0 Å². The molecule has 0 fully saturated rings. The summed E-state index contributed by atoms with van der Waals surface area (Å²) in [5.41, 5.74) is 1.43. The minimum absolute atomic E-state index is 0.0941. The third-order valence-corrected chi connectivity index (χ3v) is 4.09. The van der Waals surface area contributed by atoms with E-state index < -0.39 is 10.0 Å². The predicted molar refractivity (Wildman–Crippen MR) is 64.6 cm³/mol. The molecule has 0 aliphatic carbocycles. The number of rotatable bonds is 1. The lowest BCUT2D eigenvalue weighted by Crippen LogP contribution is -2.26. The summed E-state index contributed by atoms with van der Waals surface area (Å²) in [5, 5.41) is 5.15. The van der Waals surface area contributed by atoms with Gasteiger partial charge in [-0.05, 0) is 24.1 Å². The highest BCUT2D eigenvalue weighted by Crippen LogP contribution is 2.34. The van der Waals surface area contributed by atoms with Crippen LogP contribution in [0.2, 0.25) is 5.02 Å². The molecule has 92 valence electrons. The molecule has 5 nitrogen and oxygen atoms in total. The normalized spacial score (nSPS) is 14.9. The standard InChI is InChI=1S/C10H11ClN2O3S/c1-6(14)13-3-2-7-4-8(11)10(5-9(7)13)17(12,15)16/h4-5H,2-3H2,1H3,(H2,12,15,16). The van der Waals surface area contributed by atoms with Gasteiger partial charge in [-0.15, -0.1) is 0 Å². The molecule has 7 heteroatoms. The van der Waals surface area contributed by atoms with Gasteiger partial charge in [-0.25, -0.2) is 13.6 Å². The number of fused-ring (bicyclic) bond motifs is 1. The summed E-state index contributed by atoms with van der Waals surface area (Å²) in [6, 6.07) is 2.92. The number of carbonyl (C=O) groups is 1. The fraction of sp³-hybridized carbons (Fsp3) is 0.300. The summed E-state index contributed by atoms with van der Waals surface area (Å²) in [6.45, 7) is 1.97. The van der Waals surface area contributed by atoms with Crippen LogP contribution in [0.1, 0.15) is 12.5 Å². The van der Waals surface area contributed by atoms with Gasteiger partial charge >= 0.3 is 0 Å². The number of amides is 1. The molecule has 0 atom stereocenters. The highest BCUT2D eigenvalue weighted by atomic mass is 35.5. The molecular weight excluding hydrogens is 264 g/mol. The fourth-order valence-electron chi connectivity index (χ4n) is 1.93. The summed E-state index contributed by atoms with van der Waals surface area (Å²) in [6.07, 6.45) is 0.666. The van der Waals surface area contributed by atoms with E-state index in [1.165, 1.54) is 17.9 Å². The Hall–Kier alpha value is -1.11. The van der Waals surface area contributed by atoms with E-state index >= 15 is 0 Å². The summed E-state index contributed by atoms with van der Waals surface area (Å²) >= 11 is 5.86. The maximum absolute atomic E-state index is 11.4. The molecule has 0 spiro atoms. The zero-order valence-corrected chi connectivity index (χ0v) is 10.7. The first-order valence-corrected chi connectivity index (χ1v) is 6.86. The van der Waals surface area contributed by atoms with E-state index in [9.17, 15) is 13.2 Å². The van der Waals surface area contributed by atoms with Crippen LogP contribution in [0.3, 0.4) is 0 Å². The number of hydrogen-bond acceptors (Lipinski definition) is 3. The van der Waals surface area contributed by atoms with Gasteiger partial charge < -0.3 is 4.90 Å². The molecule has 1 aliphatic heterocycles. The van der Waals surface area contributed by atoms with Crippen molar-refractivity contribution in [3.8, 4) is 0 Å². The Kier molecular flexibility index (Phi) is 2.89. The molecule has 2 rings (SSSR count). The van der Waals surface area contributed by atoms with E-state index in [0.717, 1.165) is 5.56 Å². The van der Waals surface area contributed by atoms with E-state index in [2.05, 4.69) is 0 Å². The lowest BCUT2D eigenvalue weighted by molar-refractivity contribution is -0.116. The third kappa shape index (κ3) is 2.15. The fourth-order valence-corrected chi connectivity index (χ4v) is 3.05. The minimum Gasteiger partial charge on any atom is -0.312 e. The molecule has 0 radical (unpaired) electrons. The molecule has 1 aromatic rings. The first kappa shape index (κ1) is 12.3. The number of anilines is 1. The van der Waals surface area contributed by atoms with Crippen LogP contribution in [0.15, 0.2) is 17.0 Å². The molecule has 1 amide bonds. The molecule has 0 saturated heterocycles. The van der Waals surface area contributed by atoms with Gasteiger partial charge in [-0.1, -0.05) is 11.6 Å². The number of benzene rings is 1. The molecule has 0 saturated carbocycles. The molecule has 1 heterocycles. The number of sulfonamides is 1. The van der Waals surface area contributed by atoms with Crippen molar-refractivity contribution in [1.82, 2.24) is 0 Å². The van der Waals surface area contributed by atoms with Gasteiger partial charge in [0.1, 0.15) is 4.90 Å². The second-order valence-electron chi connectivity index (χ2n) is 3.88. The van der Waals surface area contributed by atoms with Crippen LogP contribution in [0.5, 0.6) is 0 Å². The number of halogens is 1. The molecule has 1 aliphatic rings. The molecule has 2 N–H and O–H groups in total. The van der Waals surface area contributed by atoms with Crippen LogP contribution >= 0.6 is 11.6 Å². The van der Waals surface area contributed by atoms with Gasteiger partial charge in [0, 0.05) is 19.2 Å². The van der Waals surface area contributed by atoms with Crippen molar-refractivity contribution < 1.29 is 13.2 Å². The zero-order chi connectivity index (χ0) is 12.8. The van der Waals surface area contributed by atoms with E-state index in [1.807, 2.05) is 0 Å². The van der Waals surface area contributed by atoms with E-state index in [1.54, 1.807) is 6.07 Å². The van der Waals surface area contributed by atoms with Gasteiger partial charge in [0.05, 0.1) is 5.02 Å². The van der Waals surface area contributed by atoms with E-state index in [4.69, 9.17) is 16.7 Å². The maximum Gasteiger partial charge on any atom is 0.239 e. The van der Waals surface area contributed by atoms with Crippen LogP contribution in [-0.4, -0.2) is 20.9 Å². The van der Waals surface area contributed by atoms with Gasteiger partial charge in [0.2, 0.25) is 15.9 Å². The summed E-state index contributed by atoms with van der Waals surface area (Å²) in [4.78, 5) is 12.7. The highest BCUT2D eigenvalue weighted by molar-refractivity contribution is 7.89. The largest absolute Gasteiger partial charge is 0.312 e. The Morgan fingerprint density at radius 3 is 2.65 bits per heavy atom. The van der Waals surface area contributed by atoms with Crippen molar-refractivity contribution in [2.24, 2.45) is 5.14 Å². The molecule has 0 aromatic heterocycles. The van der Waals surface area contributed by atoms with E-state index in [-0.39, 0.29) is 15.8 Å². The predicted octanol–water partition coefficient (Wildman–Crippen LogP) is 0.896. The van der Waals surface area contributed by atoms with Crippen LogP contribution in [-0.2, 0) is 21.2 Å². The Bertz CT molecular complexity index is 598. The quantitative estimate of drug-likeness (QED) is 0.826. The Balaban J connectivity index is 2.63. The van der Waals surface area contributed by atoms with Gasteiger partial charge in [0.25, 0.3) is 0 Å². The first-order valence-electron chi connectivity index (χ1n) is 4.94. The third-order valence-electron chi connectivity index (χ3n) is 2.72. The van der Waals surface area contributed by atoms with Crippen LogP contribution in [0, 0.1) is 0 Å². The van der Waals surface area contributed by atoms with Crippen molar-refractivity contribution in [1.29, 1.82) is 0 Å². The highest BCUT2D eigenvalue weighted by Gasteiger charge is 2.26. The number of nitrogens with two attached hydrogens (primary N) is 1. The number of hydrogen-bond donors (Lipinski definition) is 1. The molecule has 0 bridgehead atoms. The Morgan fingerprint density at radius 2 is 2.12 bits per heavy atom. The second kappa shape index (κ2) is 3.97. The topological polar surface area (TPSA) is 80.5 Å². The van der Waals surface area contributed by atoms with Gasteiger partial charge in [-0.3, -0.25) is 4.79 Å². The van der Waals surface area contributed by atoms with Crippen molar-refractivity contribution in [3.05, 3.63) is 22.7 Å². The number of primary sulfonamides is 1. The summed E-state index contributed by atoms with van der Waals surface area (Å²) < 4.78 is 22.6. The molecule has 17 heavy (non-hydrogen) atoms.